The Kier molecular flexibility index (Phi) is 5.26. The summed E-state index contributed by atoms with van der Waals surface area (Å²) in [6, 6.07) is 7.90. The van der Waals surface area contributed by atoms with Crippen LogP contribution in [-0.2, 0) is 13.0 Å². The molecule has 114 valence electrons. The van der Waals surface area contributed by atoms with Crippen molar-refractivity contribution >= 4 is 5.82 Å². The van der Waals surface area contributed by atoms with E-state index in [0.29, 0.717) is 0 Å². The maximum Gasteiger partial charge on any atom is 0.131 e. The van der Waals surface area contributed by atoms with E-state index in [1.807, 2.05) is 24.3 Å². The van der Waals surface area contributed by atoms with Gasteiger partial charge in [0.1, 0.15) is 23.1 Å². The summed E-state index contributed by atoms with van der Waals surface area (Å²) < 4.78 is 7.60. The maximum absolute atomic E-state index is 6.38. The molecule has 4 heteroatoms. The number of nitrogens with zero attached hydrogens (tertiary/aromatic N) is 2. The molecule has 0 unspecified atom stereocenters. The second-order valence-electron chi connectivity index (χ2n) is 5.22. The molecule has 0 aliphatic carbocycles. The van der Waals surface area contributed by atoms with Crippen molar-refractivity contribution < 1.29 is 4.74 Å². The normalized spacial score (nSPS) is 10.8. The van der Waals surface area contributed by atoms with Gasteiger partial charge in [0.05, 0.1) is 7.11 Å². The lowest BCUT2D eigenvalue weighted by Crippen LogP contribution is -2.07. The van der Waals surface area contributed by atoms with E-state index in [1.165, 1.54) is 0 Å². The van der Waals surface area contributed by atoms with Crippen molar-refractivity contribution in [3.63, 3.8) is 0 Å². The molecule has 1 aromatic carbocycles. The molecule has 4 nitrogen and oxygen atoms in total. The van der Waals surface area contributed by atoms with Gasteiger partial charge in [0, 0.05) is 18.5 Å². The van der Waals surface area contributed by atoms with Crippen LogP contribution in [-0.4, -0.2) is 16.7 Å². The number of para-hydroxylation sites is 1. The molecule has 0 aliphatic rings. The molecule has 1 aromatic heterocycles. The standard InChI is InChI=1S/C17H25N3O/c1-4-6-12-20-15(9-5-2)19-16(17(20)18)13-10-7-8-11-14(13)21-3/h7-8,10-11H,4-6,9,12,18H2,1-3H3. The molecule has 1 heterocycles. The average molecular weight is 287 g/mol. The van der Waals surface area contributed by atoms with Crippen LogP contribution in [0.4, 0.5) is 5.82 Å². The Labute approximate surface area is 127 Å². The van der Waals surface area contributed by atoms with E-state index in [1.54, 1.807) is 7.11 Å². The topological polar surface area (TPSA) is 53.1 Å². The lowest BCUT2D eigenvalue weighted by atomic mass is 10.1. The third-order valence-electron chi connectivity index (χ3n) is 3.66. The lowest BCUT2D eigenvalue weighted by molar-refractivity contribution is 0.416. The van der Waals surface area contributed by atoms with Crippen molar-refractivity contribution in [1.29, 1.82) is 0 Å². The minimum Gasteiger partial charge on any atom is -0.496 e. The van der Waals surface area contributed by atoms with Gasteiger partial charge in [-0.05, 0) is 25.0 Å². The first-order chi connectivity index (χ1) is 10.2. The van der Waals surface area contributed by atoms with Crippen LogP contribution < -0.4 is 10.5 Å². The zero-order valence-corrected chi connectivity index (χ0v) is 13.2. The van der Waals surface area contributed by atoms with Crippen LogP contribution in [0.1, 0.15) is 38.9 Å². The average Bonchev–Trinajstić information content (AvgIpc) is 2.81. The van der Waals surface area contributed by atoms with Gasteiger partial charge in [-0.2, -0.15) is 0 Å². The van der Waals surface area contributed by atoms with E-state index in [0.717, 1.165) is 60.9 Å². The lowest BCUT2D eigenvalue weighted by Gasteiger charge is -2.09. The molecule has 2 N–H and O–H groups in total. The number of hydrogen-bond acceptors (Lipinski definition) is 3. The number of nitrogen functional groups attached to an aromatic ring is 1. The molecule has 2 aromatic rings. The summed E-state index contributed by atoms with van der Waals surface area (Å²) in [5.41, 5.74) is 8.18. The van der Waals surface area contributed by atoms with Gasteiger partial charge in [0.15, 0.2) is 0 Å². The monoisotopic (exact) mass is 287 g/mol. The molecule has 21 heavy (non-hydrogen) atoms. The number of unbranched alkanes of at least 4 members (excludes halogenated alkanes) is 1. The number of benzene rings is 1. The van der Waals surface area contributed by atoms with Gasteiger partial charge in [0.2, 0.25) is 0 Å². The van der Waals surface area contributed by atoms with Gasteiger partial charge in [0.25, 0.3) is 0 Å². The van der Waals surface area contributed by atoms with E-state index in [9.17, 15) is 0 Å². The van der Waals surface area contributed by atoms with Crippen LogP contribution in [0.15, 0.2) is 24.3 Å². The molecular formula is C17H25N3O. The van der Waals surface area contributed by atoms with Gasteiger partial charge in [-0.1, -0.05) is 32.4 Å². The smallest absolute Gasteiger partial charge is 0.131 e. The summed E-state index contributed by atoms with van der Waals surface area (Å²) in [5.74, 6) is 2.63. The molecule has 0 atom stereocenters. The van der Waals surface area contributed by atoms with Gasteiger partial charge >= 0.3 is 0 Å². The van der Waals surface area contributed by atoms with Crippen LogP contribution >= 0.6 is 0 Å². The van der Waals surface area contributed by atoms with Crippen molar-refractivity contribution in [2.45, 2.75) is 46.1 Å². The third kappa shape index (κ3) is 3.20. The molecular weight excluding hydrogens is 262 g/mol. The fourth-order valence-corrected chi connectivity index (χ4v) is 2.53. The highest BCUT2D eigenvalue weighted by atomic mass is 16.5. The van der Waals surface area contributed by atoms with Gasteiger partial charge in [-0.3, -0.25) is 0 Å². The van der Waals surface area contributed by atoms with Crippen LogP contribution in [0.5, 0.6) is 5.75 Å². The summed E-state index contributed by atoms with van der Waals surface area (Å²) in [4.78, 5) is 4.79. The minimum atomic E-state index is 0.747. The number of anilines is 1. The molecule has 0 fully saturated rings. The summed E-state index contributed by atoms with van der Waals surface area (Å²) in [6.07, 6.45) is 4.27. The fraction of sp³-hybridized carbons (Fsp3) is 0.471. The van der Waals surface area contributed by atoms with Gasteiger partial charge < -0.3 is 15.0 Å². The Hall–Kier alpha value is -1.97. The molecule has 2 rings (SSSR count). The van der Waals surface area contributed by atoms with E-state index in [-0.39, 0.29) is 0 Å². The zero-order valence-electron chi connectivity index (χ0n) is 13.2. The predicted octanol–water partition coefficient (Wildman–Crippen LogP) is 3.89. The minimum absolute atomic E-state index is 0.747. The van der Waals surface area contributed by atoms with Crippen LogP contribution in [0.25, 0.3) is 11.3 Å². The molecule has 0 aliphatic heterocycles. The Bertz CT molecular complexity index is 590. The zero-order chi connectivity index (χ0) is 15.2. The summed E-state index contributed by atoms with van der Waals surface area (Å²) in [5, 5.41) is 0. The van der Waals surface area contributed by atoms with E-state index >= 15 is 0 Å². The first kappa shape index (κ1) is 15.4. The molecule has 0 saturated carbocycles. The highest BCUT2D eigenvalue weighted by Gasteiger charge is 2.17. The van der Waals surface area contributed by atoms with Crippen molar-refractivity contribution in [3.8, 4) is 17.0 Å². The highest BCUT2D eigenvalue weighted by molar-refractivity contribution is 5.76. The second kappa shape index (κ2) is 7.16. The summed E-state index contributed by atoms with van der Waals surface area (Å²) in [7, 11) is 1.68. The number of rotatable bonds is 7. The third-order valence-corrected chi connectivity index (χ3v) is 3.66. The highest BCUT2D eigenvalue weighted by Crippen LogP contribution is 2.33. The number of methoxy groups -OCH3 is 1. The molecule has 0 radical (unpaired) electrons. The molecule has 0 bridgehead atoms. The Morgan fingerprint density at radius 2 is 1.95 bits per heavy atom. The van der Waals surface area contributed by atoms with Gasteiger partial charge in [-0.25, -0.2) is 4.98 Å². The van der Waals surface area contributed by atoms with E-state index in [2.05, 4.69) is 18.4 Å². The summed E-state index contributed by atoms with van der Waals surface area (Å²) >= 11 is 0. The van der Waals surface area contributed by atoms with E-state index < -0.39 is 0 Å². The number of nitrogens with two attached hydrogens (primary N) is 1. The maximum atomic E-state index is 6.38. The van der Waals surface area contributed by atoms with Crippen molar-refractivity contribution in [3.05, 3.63) is 30.1 Å². The van der Waals surface area contributed by atoms with Crippen LogP contribution in [0.2, 0.25) is 0 Å². The number of hydrogen-bond donors (Lipinski definition) is 1. The van der Waals surface area contributed by atoms with Gasteiger partial charge in [-0.15, -0.1) is 0 Å². The second-order valence-corrected chi connectivity index (χ2v) is 5.22. The molecule has 0 spiro atoms. The van der Waals surface area contributed by atoms with Crippen LogP contribution in [0.3, 0.4) is 0 Å². The number of ether oxygens (including phenoxy) is 1. The Morgan fingerprint density at radius 1 is 1.19 bits per heavy atom. The van der Waals surface area contributed by atoms with E-state index in [4.69, 9.17) is 15.5 Å². The fourth-order valence-electron chi connectivity index (χ4n) is 2.53. The van der Waals surface area contributed by atoms with Crippen molar-refractivity contribution in [1.82, 2.24) is 9.55 Å². The molecule has 0 amide bonds. The Morgan fingerprint density at radius 3 is 2.62 bits per heavy atom. The number of imidazole rings is 1. The first-order valence-corrected chi connectivity index (χ1v) is 7.71. The summed E-state index contributed by atoms with van der Waals surface area (Å²) in [6.45, 7) is 5.28. The van der Waals surface area contributed by atoms with Crippen molar-refractivity contribution in [2.24, 2.45) is 0 Å². The SMILES string of the molecule is CCCCn1c(CCC)nc(-c2ccccc2OC)c1N. The predicted molar refractivity (Wildman–Crippen MR) is 87.5 cm³/mol. The number of aryl methyl sites for hydroxylation is 1. The first-order valence-electron chi connectivity index (χ1n) is 7.71. The Balaban J connectivity index is 2.48. The van der Waals surface area contributed by atoms with Crippen molar-refractivity contribution in [2.75, 3.05) is 12.8 Å². The molecule has 0 saturated heterocycles. The number of aromatic nitrogens is 2. The quantitative estimate of drug-likeness (QED) is 0.840. The largest absolute Gasteiger partial charge is 0.496 e. The van der Waals surface area contributed by atoms with Crippen LogP contribution in [0, 0.1) is 0 Å².